The van der Waals surface area contributed by atoms with Gasteiger partial charge in [0.25, 0.3) is 5.91 Å². The van der Waals surface area contributed by atoms with E-state index in [0.29, 0.717) is 21.1 Å². The van der Waals surface area contributed by atoms with Crippen LogP contribution >= 0.6 is 34.5 Å². The van der Waals surface area contributed by atoms with Crippen molar-refractivity contribution < 1.29 is 19.1 Å². The molecular weight excluding hydrogens is 411 g/mol. The number of benzene rings is 2. The summed E-state index contributed by atoms with van der Waals surface area (Å²) in [5.74, 6) is -0.453. The van der Waals surface area contributed by atoms with E-state index in [1.165, 1.54) is 37.7 Å². The van der Waals surface area contributed by atoms with Crippen molar-refractivity contribution in [1.29, 1.82) is 0 Å². The Kier molecular flexibility index (Phi) is 5.84. The Balaban J connectivity index is 2.20. The summed E-state index contributed by atoms with van der Waals surface area (Å²) < 4.78 is 12.6. The van der Waals surface area contributed by atoms with E-state index in [-0.39, 0.29) is 17.1 Å². The molecule has 0 aliphatic carbocycles. The van der Waals surface area contributed by atoms with E-state index in [0.717, 1.165) is 4.70 Å². The minimum absolute atomic E-state index is 0.114. The van der Waals surface area contributed by atoms with E-state index in [4.69, 9.17) is 32.7 Å². The maximum Gasteiger partial charge on any atom is 0.325 e. The molecule has 0 saturated heterocycles. The number of para-hydroxylation sites is 1. The van der Waals surface area contributed by atoms with Crippen LogP contribution < -0.4 is 9.54 Å². The number of amides is 1. The van der Waals surface area contributed by atoms with Crippen LogP contribution in [0.5, 0.6) is 5.75 Å². The molecule has 0 aliphatic rings. The van der Waals surface area contributed by atoms with Gasteiger partial charge in [-0.2, -0.15) is 4.99 Å². The lowest BCUT2D eigenvalue weighted by molar-refractivity contribution is -0.141. The van der Waals surface area contributed by atoms with Crippen molar-refractivity contribution >= 4 is 56.6 Å². The highest BCUT2D eigenvalue weighted by atomic mass is 35.5. The number of halogens is 2. The third kappa shape index (κ3) is 4.00. The topological polar surface area (TPSA) is 69.9 Å². The third-order valence-corrected chi connectivity index (χ3v) is 5.35. The monoisotopic (exact) mass is 424 g/mol. The van der Waals surface area contributed by atoms with Crippen molar-refractivity contribution in [2.45, 2.75) is 6.54 Å². The highest BCUT2D eigenvalue weighted by Gasteiger charge is 2.16. The number of carbonyl (C=O) groups excluding carboxylic acids is 2. The van der Waals surface area contributed by atoms with Crippen molar-refractivity contribution in [1.82, 2.24) is 4.57 Å². The number of esters is 1. The molecule has 27 heavy (non-hydrogen) atoms. The molecule has 0 atom stereocenters. The third-order valence-electron chi connectivity index (χ3n) is 3.76. The SMILES string of the molecule is COC(=O)Cn1c(=NC(=O)c2ccc(Cl)cc2Cl)sc2cccc(OC)c21. The number of hydrogen-bond donors (Lipinski definition) is 0. The molecule has 3 rings (SSSR count). The normalized spacial score (nSPS) is 11.6. The number of rotatable bonds is 4. The van der Waals surface area contributed by atoms with Gasteiger partial charge in [0.2, 0.25) is 0 Å². The first-order chi connectivity index (χ1) is 12.9. The predicted octanol–water partition coefficient (Wildman–Crippen LogP) is 3.93. The van der Waals surface area contributed by atoms with Crippen molar-refractivity contribution in [2.75, 3.05) is 14.2 Å². The van der Waals surface area contributed by atoms with Crippen LogP contribution in [0.4, 0.5) is 0 Å². The fourth-order valence-corrected chi connectivity index (χ4v) is 4.03. The summed E-state index contributed by atoms with van der Waals surface area (Å²) in [6.07, 6.45) is 0. The summed E-state index contributed by atoms with van der Waals surface area (Å²) >= 11 is 13.2. The maximum atomic E-state index is 12.6. The quantitative estimate of drug-likeness (QED) is 0.594. The van der Waals surface area contributed by atoms with Crippen molar-refractivity contribution in [3.05, 3.63) is 56.8 Å². The zero-order chi connectivity index (χ0) is 19.6. The van der Waals surface area contributed by atoms with Crippen LogP contribution in [-0.2, 0) is 16.1 Å². The fraction of sp³-hybridized carbons (Fsp3) is 0.167. The second-order valence-corrected chi connectivity index (χ2v) is 7.25. The number of carbonyl (C=O) groups is 2. The molecule has 0 aliphatic heterocycles. The zero-order valence-corrected chi connectivity index (χ0v) is 16.7. The fourth-order valence-electron chi connectivity index (χ4n) is 2.50. The average Bonchev–Trinajstić information content (AvgIpc) is 2.98. The molecule has 1 aromatic heterocycles. The second-order valence-electron chi connectivity index (χ2n) is 5.40. The van der Waals surface area contributed by atoms with Crippen LogP contribution in [0.1, 0.15) is 10.4 Å². The summed E-state index contributed by atoms with van der Waals surface area (Å²) in [5, 5.41) is 0.623. The smallest absolute Gasteiger partial charge is 0.325 e. The van der Waals surface area contributed by atoms with Gasteiger partial charge >= 0.3 is 5.97 Å². The molecule has 0 saturated carbocycles. The average molecular weight is 425 g/mol. The largest absolute Gasteiger partial charge is 0.495 e. The van der Waals surface area contributed by atoms with Gasteiger partial charge in [-0.1, -0.05) is 40.6 Å². The van der Waals surface area contributed by atoms with Crippen LogP contribution in [-0.4, -0.2) is 30.7 Å². The predicted molar refractivity (Wildman–Crippen MR) is 105 cm³/mol. The number of nitrogens with zero attached hydrogens (tertiary/aromatic N) is 2. The van der Waals surface area contributed by atoms with Gasteiger partial charge in [-0.3, -0.25) is 9.59 Å². The van der Waals surface area contributed by atoms with E-state index >= 15 is 0 Å². The molecule has 9 heteroatoms. The standard InChI is InChI=1S/C18H14Cl2N2O4S/c1-25-13-4-3-5-14-16(13)22(9-15(23)26-2)18(27-14)21-17(24)11-7-6-10(19)8-12(11)20/h3-8H,9H2,1-2H3. The van der Waals surface area contributed by atoms with E-state index < -0.39 is 11.9 Å². The molecule has 6 nitrogen and oxygen atoms in total. The Bertz CT molecular complexity index is 1100. The number of fused-ring (bicyclic) bond motifs is 1. The molecule has 1 heterocycles. The van der Waals surface area contributed by atoms with Crippen molar-refractivity contribution in [3.63, 3.8) is 0 Å². The molecule has 0 unspecified atom stereocenters. The number of thiazole rings is 1. The summed E-state index contributed by atoms with van der Waals surface area (Å²) in [4.78, 5) is 29.0. The Hall–Kier alpha value is -2.35. The zero-order valence-electron chi connectivity index (χ0n) is 14.4. The lowest BCUT2D eigenvalue weighted by Gasteiger charge is -2.07. The summed E-state index contributed by atoms with van der Waals surface area (Å²) in [6.45, 7) is -0.114. The number of methoxy groups -OCH3 is 2. The number of hydrogen-bond acceptors (Lipinski definition) is 5. The first-order valence-electron chi connectivity index (χ1n) is 7.72. The van der Waals surface area contributed by atoms with E-state index in [1.54, 1.807) is 16.7 Å². The first kappa shape index (κ1) is 19.4. The van der Waals surface area contributed by atoms with Gasteiger partial charge < -0.3 is 14.0 Å². The van der Waals surface area contributed by atoms with Crippen LogP contribution in [0, 0.1) is 0 Å². The molecule has 0 bridgehead atoms. The van der Waals surface area contributed by atoms with Gasteiger partial charge in [0.15, 0.2) is 4.80 Å². The van der Waals surface area contributed by atoms with E-state index in [1.807, 2.05) is 12.1 Å². The Morgan fingerprint density at radius 2 is 1.96 bits per heavy atom. The van der Waals surface area contributed by atoms with Gasteiger partial charge in [0, 0.05) is 5.02 Å². The highest BCUT2D eigenvalue weighted by Crippen LogP contribution is 2.27. The van der Waals surface area contributed by atoms with Gasteiger partial charge in [-0.25, -0.2) is 0 Å². The molecular formula is C18H14Cl2N2O4S. The van der Waals surface area contributed by atoms with E-state index in [2.05, 4.69) is 4.99 Å². The van der Waals surface area contributed by atoms with Crippen molar-refractivity contribution in [3.8, 4) is 5.75 Å². The molecule has 140 valence electrons. The lowest BCUT2D eigenvalue weighted by atomic mass is 10.2. The van der Waals surface area contributed by atoms with Gasteiger partial charge in [0.05, 0.1) is 29.5 Å². The maximum absolute atomic E-state index is 12.6. The van der Waals surface area contributed by atoms with Crippen LogP contribution in [0.2, 0.25) is 10.0 Å². The summed E-state index contributed by atoms with van der Waals surface area (Å²) in [6, 6.07) is 9.99. The van der Waals surface area contributed by atoms with Gasteiger partial charge in [-0.15, -0.1) is 0 Å². The molecule has 1 amide bonds. The Morgan fingerprint density at radius 1 is 1.19 bits per heavy atom. The Morgan fingerprint density at radius 3 is 2.63 bits per heavy atom. The van der Waals surface area contributed by atoms with Crippen molar-refractivity contribution in [2.24, 2.45) is 4.99 Å². The molecule has 2 aromatic carbocycles. The minimum atomic E-state index is -0.541. The van der Waals surface area contributed by atoms with Gasteiger partial charge in [0.1, 0.15) is 17.8 Å². The minimum Gasteiger partial charge on any atom is -0.495 e. The van der Waals surface area contributed by atoms with Crippen LogP contribution in [0.15, 0.2) is 41.4 Å². The van der Waals surface area contributed by atoms with Gasteiger partial charge in [-0.05, 0) is 30.3 Å². The summed E-state index contributed by atoms with van der Waals surface area (Å²) in [7, 11) is 2.83. The number of ether oxygens (including phenoxy) is 2. The molecule has 0 N–H and O–H groups in total. The van der Waals surface area contributed by atoms with Crippen LogP contribution in [0.25, 0.3) is 10.2 Å². The number of aromatic nitrogens is 1. The molecule has 3 aromatic rings. The highest BCUT2D eigenvalue weighted by molar-refractivity contribution is 7.16. The summed E-state index contributed by atoms with van der Waals surface area (Å²) in [5.41, 5.74) is 0.874. The first-order valence-corrected chi connectivity index (χ1v) is 9.29. The van der Waals surface area contributed by atoms with E-state index in [9.17, 15) is 9.59 Å². The molecule has 0 spiro atoms. The lowest BCUT2D eigenvalue weighted by Crippen LogP contribution is -2.22. The van der Waals surface area contributed by atoms with Crippen LogP contribution in [0.3, 0.4) is 0 Å². The Labute approximate surface area is 168 Å². The second kappa shape index (κ2) is 8.12. The molecule has 0 radical (unpaired) electrons. The molecule has 0 fully saturated rings.